The normalized spacial score (nSPS) is 11.3. The SMILES string of the molecule is CC(C)Cn1c(SCC(=O)c2ccc(F)cc2)nc2cc(Cl)ccc2c1=O. The number of hydrogen-bond acceptors (Lipinski definition) is 4. The first-order valence-electron chi connectivity index (χ1n) is 8.47. The molecule has 4 nitrogen and oxygen atoms in total. The van der Waals surface area contributed by atoms with Crippen molar-refractivity contribution in [2.24, 2.45) is 5.92 Å². The van der Waals surface area contributed by atoms with Gasteiger partial charge in [0.05, 0.1) is 16.7 Å². The number of nitrogens with zero attached hydrogens (tertiary/aromatic N) is 2. The van der Waals surface area contributed by atoms with Gasteiger partial charge in [0, 0.05) is 17.1 Å². The van der Waals surface area contributed by atoms with E-state index >= 15 is 0 Å². The lowest BCUT2D eigenvalue weighted by atomic mass is 10.1. The van der Waals surface area contributed by atoms with Gasteiger partial charge in [-0.15, -0.1) is 0 Å². The maximum atomic E-state index is 13.0. The van der Waals surface area contributed by atoms with Gasteiger partial charge in [0.2, 0.25) is 0 Å². The molecule has 0 N–H and O–H groups in total. The molecule has 0 spiro atoms. The summed E-state index contributed by atoms with van der Waals surface area (Å²) in [7, 11) is 0. The van der Waals surface area contributed by atoms with E-state index in [1.807, 2.05) is 13.8 Å². The van der Waals surface area contributed by atoms with Crippen molar-refractivity contribution in [1.82, 2.24) is 9.55 Å². The molecule has 1 aromatic heterocycles. The fourth-order valence-corrected chi connectivity index (χ4v) is 3.73. The highest BCUT2D eigenvalue weighted by atomic mass is 35.5. The highest BCUT2D eigenvalue weighted by Gasteiger charge is 2.15. The molecule has 0 fully saturated rings. The van der Waals surface area contributed by atoms with Gasteiger partial charge in [0.1, 0.15) is 5.82 Å². The molecule has 0 radical (unpaired) electrons. The summed E-state index contributed by atoms with van der Waals surface area (Å²) in [6, 6.07) is 10.4. The molecule has 0 amide bonds. The molecule has 3 aromatic rings. The summed E-state index contributed by atoms with van der Waals surface area (Å²) >= 11 is 7.22. The van der Waals surface area contributed by atoms with Crippen molar-refractivity contribution in [2.75, 3.05) is 5.75 Å². The third-order valence-electron chi connectivity index (χ3n) is 3.93. The van der Waals surface area contributed by atoms with Crippen LogP contribution in [0.1, 0.15) is 24.2 Å². The molecule has 0 bridgehead atoms. The number of carbonyl (C=O) groups excluding carboxylic acids is 1. The average Bonchev–Trinajstić information content (AvgIpc) is 2.62. The zero-order valence-corrected chi connectivity index (χ0v) is 16.5. The topological polar surface area (TPSA) is 52.0 Å². The number of hydrogen-bond donors (Lipinski definition) is 0. The standard InChI is InChI=1S/C20H18ClFN2O2S/c1-12(2)10-24-19(26)16-8-5-14(21)9-17(16)23-20(24)27-11-18(25)13-3-6-15(22)7-4-13/h3-9,12H,10-11H2,1-2H3. The minimum absolute atomic E-state index is 0.0994. The smallest absolute Gasteiger partial charge is 0.262 e. The predicted molar refractivity (Wildman–Crippen MR) is 107 cm³/mol. The molecule has 0 saturated carbocycles. The van der Waals surface area contributed by atoms with Crippen LogP contribution in [0, 0.1) is 11.7 Å². The number of ketones is 1. The van der Waals surface area contributed by atoms with Crippen molar-refractivity contribution in [3.8, 4) is 0 Å². The zero-order valence-electron chi connectivity index (χ0n) is 14.9. The number of benzene rings is 2. The molecule has 0 atom stereocenters. The summed E-state index contributed by atoms with van der Waals surface area (Å²) in [5, 5.41) is 1.46. The molecule has 7 heteroatoms. The van der Waals surface area contributed by atoms with E-state index in [1.165, 1.54) is 36.0 Å². The Morgan fingerprint density at radius 1 is 1.22 bits per heavy atom. The Labute approximate surface area is 165 Å². The lowest BCUT2D eigenvalue weighted by molar-refractivity contribution is 0.102. The molecular formula is C20H18ClFN2O2S. The minimum atomic E-state index is -0.391. The molecular weight excluding hydrogens is 387 g/mol. The van der Waals surface area contributed by atoms with Crippen molar-refractivity contribution in [3.05, 3.63) is 69.2 Å². The summed E-state index contributed by atoms with van der Waals surface area (Å²) in [6.07, 6.45) is 0. The molecule has 3 rings (SSSR count). The van der Waals surface area contributed by atoms with Crippen LogP contribution < -0.4 is 5.56 Å². The first-order chi connectivity index (χ1) is 12.8. The van der Waals surface area contributed by atoms with Gasteiger partial charge in [-0.1, -0.05) is 37.2 Å². The third kappa shape index (κ3) is 4.57. The third-order valence-corrected chi connectivity index (χ3v) is 5.14. The molecule has 0 aliphatic heterocycles. The van der Waals surface area contributed by atoms with Gasteiger partial charge in [-0.25, -0.2) is 9.37 Å². The van der Waals surface area contributed by atoms with Crippen LogP contribution in [0.4, 0.5) is 4.39 Å². The van der Waals surface area contributed by atoms with Crippen molar-refractivity contribution in [2.45, 2.75) is 25.5 Å². The van der Waals surface area contributed by atoms with Crippen molar-refractivity contribution < 1.29 is 9.18 Å². The molecule has 0 unspecified atom stereocenters. The largest absolute Gasteiger partial charge is 0.293 e. The second-order valence-electron chi connectivity index (χ2n) is 6.58. The maximum absolute atomic E-state index is 13.0. The van der Waals surface area contributed by atoms with Gasteiger partial charge in [0.25, 0.3) is 5.56 Å². The van der Waals surface area contributed by atoms with E-state index in [9.17, 15) is 14.0 Å². The van der Waals surface area contributed by atoms with Gasteiger partial charge in [-0.2, -0.15) is 0 Å². The lowest BCUT2D eigenvalue weighted by Gasteiger charge is -2.15. The molecule has 27 heavy (non-hydrogen) atoms. The number of carbonyl (C=O) groups is 1. The molecule has 2 aromatic carbocycles. The molecule has 0 aliphatic carbocycles. The Morgan fingerprint density at radius 2 is 1.93 bits per heavy atom. The minimum Gasteiger partial charge on any atom is -0.293 e. The number of aromatic nitrogens is 2. The number of thioether (sulfide) groups is 1. The fourth-order valence-electron chi connectivity index (χ4n) is 2.66. The van der Waals surface area contributed by atoms with Crippen LogP contribution in [-0.4, -0.2) is 21.1 Å². The van der Waals surface area contributed by atoms with Crippen LogP contribution in [0.15, 0.2) is 52.4 Å². The predicted octanol–water partition coefficient (Wildman–Crippen LogP) is 4.82. The highest BCUT2D eigenvalue weighted by Crippen LogP contribution is 2.22. The van der Waals surface area contributed by atoms with E-state index in [2.05, 4.69) is 4.98 Å². The van der Waals surface area contributed by atoms with Crippen LogP contribution in [-0.2, 0) is 6.54 Å². The van der Waals surface area contributed by atoms with Crippen LogP contribution in [0.2, 0.25) is 5.02 Å². The first kappa shape index (κ1) is 19.6. The quantitative estimate of drug-likeness (QED) is 0.336. The number of fused-ring (bicyclic) bond motifs is 1. The van der Waals surface area contributed by atoms with E-state index in [0.717, 1.165) is 0 Å². The van der Waals surface area contributed by atoms with Crippen molar-refractivity contribution >= 4 is 40.0 Å². The lowest BCUT2D eigenvalue weighted by Crippen LogP contribution is -2.25. The molecule has 0 aliphatic rings. The second-order valence-corrected chi connectivity index (χ2v) is 7.96. The van der Waals surface area contributed by atoms with E-state index in [1.54, 1.807) is 22.8 Å². The van der Waals surface area contributed by atoms with Gasteiger partial charge in [0.15, 0.2) is 10.9 Å². The van der Waals surface area contributed by atoms with Crippen molar-refractivity contribution in [1.29, 1.82) is 0 Å². The Balaban J connectivity index is 1.95. The monoisotopic (exact) mass is 404 g/mol. The summed E-state index contributed by atoms with van der Waals surface area (Å²) < 4.78 is 14.6. The van der Waals surface area contributed by atoms with Crippen LogP contribution in [0.5, 0.6) is 0 Å². The van der Waals surface area contributed by atoms with E-state index in [0.29, 0.717) is 33.2 Å². The van der Waals surface area contributed by atoms with Crippen molar-refractivity contribution in [3.63, 3.8) is 0 Å². The highest BCUT2D eigenvalue weighted by molar-refractivity contribution is 7.99. The molecule has 0 saturated heterocycles. The Hall–Kier alpha value is -2.18. The Bertz CT molecular complexity index is 1050. The molecule has 1 heterocycles. The number of halogens is 2. The van der Waals surface area contributed by atoms with Gasteiger partial charge >= 0.3 is 0 Å². The summed E-state index contributed by atoms with van der Waals surface area (Å²) in [6.45, 7) is 4.52. The average molecular weight is 405 g/mol. The van der Waals surface area contributed by atoms with E-state index in [-0.39, 0.29) is 23.0 Å². The van der Waals surface area contributed by atoms with Gasteiger partial charge in [-0.3, -0.25) is 14.2 Å². The Morgan fingerprint density at radius 3 is 2.59 bits per heavy atom. The summed E-state index contributed by atoms with van der Waals surface area (Å²) in [5.41, 5.74) is 0.775. The number of Topliss-reactive ketones (excluding diaryl/α,β-unsaturated/α-hetero) is 1. The second kappa shape index (κ2) is 8.23. The van der Waals surface area contributed by atoms with E-state index < -0.39 is 5.82 Å². The van der Waals surface area contributed by atoms with Crippen LogP contribution in [0.25, 0.3) is 10.9 Å². The summed E-state index contributed by atoms with van der Waals surface area (Å²) in [5.74, 6) is -0.210. The maximum Gasteiger partial charge on any atom is 0.262 e. The van der Waals surface area contributed by atoms with E-state index in [4.69, 9.17) is 11.6 Å². The first-order valence-corrected chi connectivity index (χ1v) is 9.83. The zero-order chi connectivity index (χ0) is 19.6. The summed E-state index contributed by atoms with van der Waals surface area (Å²) in [4.78, 5) is 29.8. The van der Waals surface area contributed by atoms with Crippen LogP contribution in [0.3, 0.4) is 0 Å². The fraction of sp³-hybridized carbons (Fsp3) is 0.250. The number of rotatable bonds is 6. The molecule has 140 valence electrons. The van der Waals surface area contributed by atoms with Crippen LogP contribution >= 0.6 is 23.4 Å². The Kier molecular flexibility index (Phi) is 5.97. The van der Waals surface area contributed by atoms with Gasteiger partial charge in [-0.05, 0) is 48.4 Å². The van der Waals surface area contributed by atoms with Gasteiger partial charge < -0.3 is 0 Å².